The van der Waals surface area contributed by atoms with Crippen LogP contribution in [0.1, 0.15) is 38.2 Å². The quantitative estimate of drug-likeness (QED) is 0.927. The first-order chi connectivity index (χ1) is 9.73. The van der Waals surface area contributed by atoms with Gasteiger partial charge in [0.1, 0.15) is 0 Å². The van der Waals surface area contributed by atoms with Crippen LogP contribution in [-0.4, -0.2) is 21.2 Å². The number of nitrogens with zero attached hydrogens (tertiary/aromatic N) is 2. The van der Waals surface area contributed by atoms with Gasteiger partial charge in [0.05, 0.1) is 10.9 Å². The number of hydrogen-bond donors (Lipinski definition) is 1. The molecule has 1 aromatic heterocycles. The molecule has 0 bridgehead atoms. The minimum absolute atomic E-state index is 0.110. The van der Waals surface area contributed by atoms with Crippen molar-refractivity contribution in [2.75, 3.05) is 0 Å². The molecule has 0 aliphatic rings. The van der Waals surface area contributed by atoms with Crippen molar-refractivity contribution in [3.8, 4) is 0 Å². The van der Waals surface area contributed by atoms with Gasteiger partial charge in [0, 0.05) is 17.1 Å². The Morgan fingerprint density at radius 1 is 1.38 bits per heavy atom. The first-order valence-electron chi connectivity index (χ1n) is 6.76. The largest absolute Gasteiger partial charge is 0.346 e. The number of carbonyl (C=O) groups is 1. The standard InChI is InChI=1S/C15H18ClN3O2/c1-5-19-11-7-6-9(16)8-10(11)13(20)12(18-19)14(21)17-15(2,3)4/h6-8H,5H2,1-4H3,(H,17,21). The van der Waals surface area contributed by atoms with Gasteiger partial charge in [0.2, 0.25) is 5.43 Å². The fourth-order valence-electron chi connectivity index (χ4n) is 2.05. The number of rotatable bonds is 2. The highest BCUT2D eigenvalue weighted by Crippen LogP contribution is 2.16. The average molecular weight is 308 g/mol. The Morgan fingerprint density at radius 3 is 2.62 bits per heavy atom. The Morgan fingerprint density at radius 2 is 2.05 bits per heavy atom. The molecule has 0 unspecified atom stereocenters. The fourth-order valence-corrected chi connectivity index (χ4v) is 2.22. The molecule has 2 aromatic rings. The first-order valence-corrected chi connectivity index (χ1v) is 7.13. The summed E-state index contributed by atoms with van der Waals surface area (Å²) in [6.45, 7) is 7.99. The van der Waals surface area contributed by atoms with Crippen LogP contribution in [0.25, 0.3) is 10.9 Å². The van der Waals surface area contributed by atoms with Gasteiger partial charge in [0.25, 0.3) is 5.91 Å². The van der Waals surface area contributed by atoms with E-state index in [0.29, 0.717) is 22.5 Å². The number of carbonyl (C=O) groups excluding carboxylic acids is 1. The smallest absolute Gasteiger partial charge is 0.276 e. The average Bonchev–Trinajstić information content (AvgIpc) is 2.37. The normalized spacial score (nSPS) is 11.7. The number of halogens is 1. The summed E-state index contributed by atoms with van der Waals surface area (Å²) in [5.41, 5.74) is -0.286. The highest BCUT2D eigenvalue weighted by Gasteiger charge is 2.21. The third-order valence-electron chi connectivity index (χ3n) is 2.92. The van der Waals surface area contributed by atoms with E-state index in [-0.39, 0.29) is 5.69 Å². The van der Waals surface area contributed by atoms with Crippen molar-refractivity contribution in [2.45, 2.75) is 39.8 Å². The van der Waals surface area contributed by atoms with Crippen LogP contribution in [0, 0.1) is 0 Å². The summed E-state index contributed by atoms with van der Waals surface area (Å²) in [5, 5.41) is 7.80. The molecule has 2 rings (SSSR count). The van der Waals surface area contributed by atoms with E-state index >= 15 is 0 Å². The number of aryl methyl sites for hydroxylation is 1. The second-order valence-corrected chi connectivity index (χ2v) is 6.30. The monoisotopic (exact) mass is 307 g/mol. The third kappa shape index (κ3) is 3.24. The molecule has 6 heteroatoms. The second kappa shape index (κ2) is 5.48. The summed E-state index contributed by atoms with van der Waals surface area (Å²) in [5.74, 6) is -0.475. The van der Waals surface area contributed by atoms with E-state index in [1.165, 1.54) is 0 Å². The zero-order valence-electron chi connectivity index (χ0n) is 12.5. The van der Waals surface area contributed by atoms with Gasteiger partial charge in [-0.3, -0.25) is 14.3 Å². The number of nitrogens with one attached hydrogen (secondary N) is 1. The second-order valence-electron chi connectivity index (χ2n) is 5.86. The molecule has 0 saturated heterocycles. The third-order valence-corrected chi connectivity index (χ3v) is 3.16. The molecule has 0 fully saturated rings. The maximum absolute atomic E-state index is 12.5. The van der Waals surface area contributed by atoms with E-state index in [2.05, 4.69) is 10.4 Å². The van der Waals surface area contributed by atoms with Gasteiger partial charge in [-0.25, -0.2) is 0 Å². The van der Waals surface area contributed by atoms with Crippen molar-refractivity contribution in [3.63, 3.8) is 0 Å². The number of hydrogen-bond acceptors (Lipinski definition) is 3. The Bertz CT molecular complexity index is 760. The van der Waals surface area contributed by atoms with Crippen LogP contribution in [0.5, 0.6) is 0 Å². The summed E-state index contributed by atoms with van der Waals surface area (Å²) in [6.07, 6.45) is 0. The van der Waals surface area contributed by atoms with Crippen molar-refractivity contribution in [3.05, 3.63) is 39.1 Å². The van der Waals surface area contributed by atoms with E-state index in [4.69, 9.17) is 11.6 Å². The van der Waals surface area contributed by atoms with Gasteiger partial charge in [0.15, 0.2) is 5.69 Å². The molecule has 0 radical (unpaired) electrons. The number of benzene rings is 1. The summed E-state index contributed by atoms with van der Waals surface area (Å²) in [4.78, 5) is 24.7. The molecule has 5 nitrogen and oxygen atoms in total. The summed E-state index contributed by atoms with van der Waals surface area (Å²) >= 11 is 5.96. The topological polar surface area (TPSA) is 64.0 Å². The molecule has 0 saturated carbocycles. The van der Waals surface area contributed by atoms with Gasteiger partial charge in [-0.15, -0.1) is 0 Å². The predicted molar refractivity (Wildman–Crippen MR) is 83.9 cm³/mol. The lowest BCUT2D eigenvalue weighted by atomic mass is 10.1. The van der Waals surface area contributed by atoms with Gasteiger partial charge in [-0.1, -0.05) is 11.6 Å². The number of aromatic nitrogens is 2. The molecule has 112 valence electrons. The Labute approximate surface area is 127 Å². The fraction of sp³-hybridized carbons (Fsp3) is 0.400. The lowest BCUT2D eigenvalue weighted by molar-refractivity contribution is 0.0911. The SMILES string of the molecule is CCn1nc(C(=O)NC(C)(C)C)c(=O)c2cc(Cl)ccc21. The molecule has 1 amide bonds. The number of fused-ring (bicyclic) bond motifs is 1. The van der Waals surface area contributed by atoms with E-state index in [1.54, 1.807) is 22.9 Å². The Kier molecular flexibility index (Phi) is 4.05. The lowest BCUT2D eigenvalue weighted by Crippen LogP contribution is -2.43. The first kappa shape index (κ1) is 15.5. The maximum Gasteiger partial charge on any atom is 0.276 e. The van der Waals surface area contributed by atoms with Crippen molar-refractivity contribution in [1.29, 1.82) is 0 Å². The van der Waals surface area contributed by atoms with Crippen LogP contribution in [0.4, 0.5) is 0 Å². The number of amides is 1. The molecule has 0 spiro atoms. The van der Waals surface area contributed by atoms with Crippen LogP contribution in [-0.2, 0) is 6.54 Å². The van der Waals surface area contributed by atoms with Crippen molar-refractivity contribution in [2.24, 2.45) is 0 Å². The Hall–Kier alpha value is -1.88. The molecule has 1 aromatic carbocycles. The molecule has 1 N–H and O–H groups in total. The van der Waals surface area contributed by atoms with Crippen LogP contribution >= 0.6 is 11.6 Å². The highest BCUT2D eigenvalue weighted by atomic mass is 35.5. The summed E-state index contributed by atoms with van der Waals surface area (Å²) in [6, 6.07) is 5.01. The maximum atomic E-state index is 12.5. The van der Waals surface area contributed by atoms with E-state index in [0.717, 1.165) is 0 Å². The van der Waals surface area contributed by atoms with Crippen LogP contribution in [0.2, 0.25) is 5.02 Å². The van der Waals surface area contributed by atoms with Crippen LogP contribution < -0.4 is 10.7 Å². The summed E-state index contributed by atoms with van der Waals surface area (Å²) < 4.78 is 1.63. The van der Waals surface area contributed by atoms with E-state index < -0.39 is 16.9 Å². The summed E-state index contributed by atoms with van der Waals surface area (Å²) in [7, 11) is 0. The minimum atomic E-state index is -0.475. The molecule has 0 aliphatic carbocycles. The van der Waals surface area contributed by atoms with Crippen molar-refractivity contribution >= 4 is 28.4 Å². The van der Waals surface area contributed by atoms with Gasteiger partial charge in [-0.2, -0.15) is 5.10 Å². The molecular formula is C15H18ClN3O2. The van der Waals surface area contributed by atoms with Gasteiger partial charge >= 0.3 is 0 Å². The molecule has 21 heavy (non-hydrogen) atoms. The zero-order valence-corrected chi connectivity index (χ0v) is 13.3. The molecular weight excluding hydrogens is 290 g/mol. The van der Waals surface area contributed by atoms with Crippen molar-refractivity contribution in [1.82, 2.24) is 15.1 Å². The Balaban J connectivity index is 2.68. The van der Waals surface area contributed by atoms with Crippen molar-refractivity contribution < 1.29 is 4.79 Å². The lowest BCUT2D eigenvalue weighted by Gasteiger charge is -2.20. The molecule has 0 atom stereocenters. The van der Waals surface area contributed by atoms with Crippen LogP contribution in [0.15, 0.2) is 23.0 Å². The van der Waals surface area contributed by atoms with E-state index in [1.807, 2.05) is 27.7 Å². The highest BCUT2D eigenvalue weighted by molar-refractivity contribution is 6.31. The predicted octanol–water partition coefficient (Wildman–Crippen LogP) is 2.60. The van der Waals surface area contributed by atoms with Gasteiger partial charge in [-0.05, 0) is 45.9 Å². The van der Waals surface area contributed by atoms with Gasteiger partial charge < -0.3 is 5.32 Å². The molecule has 0 aliphatic heterocycles. The molecule has 1 heterocycles. The zero-order chi connectivity index (χ0) is 15.8. The minimum Gasteiger partial charge on any atom is -0.346 e. The van der Waals surface area contributed by atoms with E-state index in [9.17, 15) is 9.59 Å². The van der Waals surface area contributed by atoms with Crippen LogP contribution in [0.3, 0.4) is 0 Å².